The molecule has 3 rings (SSSR count). The molecule has 1 aromatic heterocycles. The molecule has 0 spiro atoms. The molecule has 144 valence electrons. The van der Waals surface area contributed by atoms with E-state index in [2.05, 4.69) is 27.6 Å². The van der Waals surface area contributed by atoms with Crippen LogP contribution in [0.5, 0.6) is 11.5 Å². The van der Waals surface area contributed by atoms with Gasteiger partial charge in [-0.3, -0.25) is 4.79 Å². The average Bonchev–Trinajstić information content (AvgIpc) is 2.74. The summed E-state index contributed by atoms with van der Waals surface area (Å²) in [5.74, 6) is 1.83. The Bertz CT molecular complexity index is 930. The summed E-state index contributed by atoms with van der Waals surface area (Å²) in [6.45, 7) is 0.715. The molecule has 0 saturated carbocycles. The van der Waals surface area contributed by atoms with Crippen molar-refractivity contribution in [2.24, 2.45) is 0 Å². The molecule has 0 atom stereocenters. The van der Waals surface area contributed by atoms with Crippen molar-refractivity contribution >= 4 is 17.5 Å². The van der Waals surface area contributed by atoms with Crippen LogP contribution in [0.3, 0.4) is 0 Å². The fraction of sp³-hybridized carbons (Fsp3) is 0.190. The molecule has 0 bridgehead atoms. The zero-order valence-corrected chi connectivity index (χ0v) is 16.0. The molecule has 0 aliphatic rings. The topological polar surface area (TPSA) is 76.6 Å². The number of ether oxygens (including phenoxy) is 2. The molecule has 0 saturated heterocycles. The van der Waals surface area contributed by atoms with Crippen molar-refractivity contribution in [2.45, 2.75) is 6.54 Å². The molecule has 7 nitrogen and oxygen atoms in total. The number of methoxy groups -OCH3 is 2. The number of carbonyl (C=O) groups excluding carboxylic acids is 1. The molecule has 1 heterocycles. The number of carbonyl (C=O) groups is 1. The van der Waals surface area contributed by atoms with Crippen LogP contribution < -0.4 is 19.7 Å². The van der Waals surface area contributed by atoms with Gasteiger partial charge in [0.05, 0.1) is 14.2 Å². The zero-order valence-electron chi connectivity index (χ0n) is 16.0. The summed E-state index contributed by atoms with van der Waals surface area (Å²) in [7, 11) is 5.01. The van der Waals surface area contributed by atoms with E-state index in [4.69, 9.17) is 9.47 Å². The lowest BCUT2D eigenvalue weighted by Crippen LogP contribution is -2.19. The monoisotopic (exact) mass is 378 g/mol. The minimum absolute atomic E-state index is 0.305. The van der Waals surface area contributed by atoms with Crippen LogP contribution in [-0.4, -0.2) is 37.4 Å². The Balaban J connectivity index is 1.66. The van der Waals surface area contributed by atoms with Crippen molar-refractivity contribution in [3.63, 3.8) is 0 Å². The van der Waals surface area contributed by atoms with Crippen LogP contribution in [0.2, 0.25) is 0 Å². The summed E-state index contributed by atoms with van der Waals surface area (Å²) < 4.78 is 10.4. The van der Waals surface area contributed by atoms with Crippen molar-refractivity contribution < 1.29 is 14.3 Å². The standard InChI is InChI=1S/C21H22N4O3/c1-25(14-15-7-5-4-6-8-15)20-12-11-19(23-24-20)22-21(26)16-9-10-17(27-2)18(13-16)28-3/h4-13H,14H2,1-3H3,(H,22,23,26). The number of hydrogen-bond donors (Lipinski definition) is 1. The normalized spacial score (nSPS) is 10.2. The van der Waals surface area contributed by atoms with Gasteiger partial charge in [0, 0.05) is 19.2 Å². The number of nitrogens with zero attached hydrogens (tertiary/aromatic N) is 3. The summed E-state index contributed by atoms with van der Waals surface area (Å²) in [6.07, 6.45) is 0. The van der Waals surface area contributed by atoms with Gasteiger partial charge < -0.3 is 19.7 Å². The van der Waals surface area contributed by atoms with Gasteiger partial charge >= 0.3 is 0 Å². The predicted octanol–water partition coefficient (Wildman–Crippen LogP) is 3.38. The van der Waals surface area contributed by atoms with Crippen molar-refractivity contribution in [2.75, 3.05) is 31.5 Å². The van der Waals surface area contributed by atoms with Crippen LogP contribution in [0, 0.1) is 0 Å². The second-order valence-electron chi connectivity index (χ2n) is 6.14. The average molecular weight is 378 g/mol. The Hall–Kier alpha value is -3.61. The highest BCUT2D eigenvalue weighted by Crippen LogP contribution is 2.27. The summed E-state index contributed by atoms with van der Waals surface area (Å²) in [5.41, 5.74) is 1.61. The minimum atomic E-state index is -0.305. The first-order valence-electron chi connectivity index (χ1n) is 8.73. The SMILES string of the molecule is COc1ccc(C(=O)Nc2ccc(N(C)Cc3ccccc3)nn2)cc1OC. The highest BCUT2D eigenvalue weighted by molar-refractivity contribution is 6.04. The molecule has 0 radical (unpaired) electrons. The van der Waals surface area contributed by atoms with E-state index in [0.29, 0.717) is 35.2 Å². The fourth-order valence-corrected chi connectivity index (χ4v) is 2.70. The highest BCUT2D eigenvalue weighted by Gasteiger charge is 2.12. The van der Waals surface area contributed by atoms with Crippen molar-refractivity contribution in [3.05, 3.63) is 71.8 Å². The molecule has 0 aliphatic carbocycles. The van der Waals surface area contributed by atoms with Crippen LogP contribution in [-0.2, 0) is 6.54 Å². The molecule has 7 heteroatoms. The number of nitrogens with one attached hydrogen (secondary N) is 1. The van der Waals surface area contributed by atoms with E-state index >= 15 is 0 Å². The molecule has 2 aromatic carbocycles. The lowest BCUT2D eigenvalue weighted by Gasteiger charge is -2.17. The third-order valence-corrected chi connectivity index (χ3v) is 4.19. The minimum Gasteiger partial charge on any atom is -0.493 e. The van der Waals surface area contributed by atoms with Gasteiger partial charge in [0.1, 0.15) is 0 Å². The molecule has 1 N–H and O–H groups in total. The van der Waals surface area contributed by atoms with Gasteiger partial charge in [-0.15, -0.1) is 10.2 Å². The predicted molar refractivity (Wildman–Crippen MR) is 108 cm³/mol. The van der Waals surface area contributed by atoms with Gasteiger partial charge in [0.25, 0.3) is 5.91 Å². The quantitative estimate of drug-likeness (QED) is 0.679. The van der Waals surface area contributed by atoms with Crippen molar-refractivity contribution in [1.82, 2.24) is 10.2 Å². The lowest BCUT2D eigenvalue weighted by atomic mass is 10.2. The second kappa shape index (κ2) is 8.85. The Morgan fingerprint density at radius 3 is 2.36 bits per heavy atom. The second-order valence-corrected chi connectivity index (χ2v) is 6.14. The van der Waals surface area contributed by atoms with E-state index < -0.39 is 0 Å². The Kier molecular flexibility index (Phi) is 6.06. The summed E-state index contributed by atoms with van der Waals surface area (Å²) >= 11 is 0. The maximum Gasteiger partial charge on any atom is 0.257 e. The fourth-order valence-electron chi connectivity index (χ4n) is 2.70. The molecule has 28 heavy (non-hydrogen) atoms. The molecule has 0 unspecified atom stereocenters. The van der Waals surface area contributed by atoms with E-state index in [1.807, 2.05) is 36.2 Å². The lowest BCUT2D eigenvalue weighted by molar-refractivity contribution is 0.102. The Morgan fingerprint density at radius 2 is 1.71 bits per heavy atom. The third kappa shape index (κ3) is 4.56. The molecule has 0 fully saturated rings. The summed E-state index contributed by atoms with van der Waals surface area (Å²) in [6, 6.07) is 18.6. The van der Waals surface area contributed by atoms with Crippen LogP contribution in [0.1, 0.15) is 15.9 Å². The van der Waals surface area contributed by atoms with Gasteiger partial charge in [-0.05, 0) is 35.9 Å². The number of benzene rings is 2. The van der Waals surface area contributed by atoms with E-state index in [0.717, 1.165) is 0 Å². The molecule has 3 aromatic rings. The van der Waals surface area contributed by atoms with Crippen molar-refractivity contribution in [1.29, 1.82) is 0 Å². The number of amides is 1. The maximum absolute atomic E-state index is 12.5. The Labute approximate surface area is 163 Å². The first kappa shape index (κ1) is 19.2. The molecular formula is C21H22N4O3. The Morgan fingerprint density at radius 1 is 0.964 bits per heavy atom. The van der Waals surface area contributed by atoms with Crippen molar-refractivity contribution in [3.8, 4) is 11.5 Å². The van der Waals surface area contributed by atoms with E-state index in [9.17, 15) is 4.79 Å². The van der Waals surface area contributed by atoms with Gasteiger partial charge in [0.15, 0.2) is 23.1 Å². The maximum atomic E-state index is 12.5. The van der Waals surface area contributed by atoms with Gasteiger partial charge in [-0.1, -0.05) is 30.3 Å². The van der Waals surface area contributed by atoms with Gasteiger partial charge in [-0.25, -0.2) is 0 Å². The van der Waals surface area contributed by atoms with Crippen LogP contribution in [0.4, 0.5) is 11.6 Å². The van der Waals surface area contributed by atoms with Crippen LogP contribution in [0.25, 0.3) is 0 Å². The first-order valence-corrected chi connectivity index (χ1v) is 8.73. The number of hydrogen-bond acceptors (Lipinski definition) is 6. The third-order valence-electron chi connectivity index (χ3n) is 4.19. The van der Waals surface area contributed by atoms with Crippen LogP contribution in [0.15, 0.2) is 60.7 Å². The molecule has 1 amide bonds. The van der Waals surface area contributed by atoms with Crippen LogP contribution >= 0.6 is 0 Å². The smallest absolute Gasteiger partial charge is 0.257 e. The number of anilines is 2. The molecular weight excluding hydrogens is 356 g/mol. The number of rotatable bonds is 7. The van der Waals surface area contributed by atoms with E-state index in [1.54, 1.807) is 31.4 Å². The molecule has 0 aliphatic heterocycles. The zero-order chi connectivity index (χ0) is 19.9. The van der Waals surface area contributed by atoms with E-state index in [1.165, 1.54) is 12.7 Å². The summed E-state index contributed by atoms with van der Waals surface area (Å²) in [4.78, 5) is 14.4. The highest BCUT2D eigenvalue weighted by atomic mass is 16.5. The van der Waals surface area contributed by atoms with Gasteiger partial charge in [-0.2, -0.15) is 0 Å². The van der Waals surface area contributed by atoms with Gasteiger partial charge in [0.2, 0.25) is 0 Å². The number of aromatic nitrogens is 2. The largest absolute Gasteiger partial charge is 0.493 e. The van der Waals surface area contributed by atoms with E-state index in [-0.39, 0.29) is 5.91 Å². The first-order chi connectivity index (χ1) is 13.6. The summed E-state index contributed by atoms with van der Waals surface area (Å²) in [5, 5.41) is 11.0.